The monoisotopic (exact) mass is 354 g/mol. The van der Waals surface area contributed by atoms with Crippen LogP contribution in [0.5, 0.6) is 0 Å². The van der Waals surface area contributed by atoms with Crippen LogP contribution in [0.15, 0.2) is 6.07 Å². The lowest BCUT2D eigenvalue weighted by atomic mass is 10.00. The van der Waals surface area contributed by atoms with E-state index in [2.05, 4.69) is 4.98 Å². The second-order valence-electron chi connectivity index (χ2n) is 6.34. The predicted octanol–water partition coefficient (Wildman–Crippen LogP) is 2.36. The van der Waals surface area contributed by atoms with Crippen molar-refractivity contribution < 1.29 is 24.1 Å². The van der Waals surface area contributed by atoms with Crippen molar-refractivity contribution in [2.45, 2.75) is 52.6 Å². The quantitative estimate of drug-likeness (QED) is 0.618. The number of aryl methyl sites for hydroxylation is 1. The van der Waals surface area contributed by atoms with E-state index in [-0.39, 0.29) is 22.8 Å². The molecule has 0 fully saturated rings. The van der Waals surface area contributed by atoms with Gasteiger partial charge in [-0.25, -0.2) is 14.6 Å². The van der Waals surface area contributed by atoms with Crippen molar-refractivity contribution in [3.05, 3.63) is 27.4 Å². The zero-order valence-electron chi connectivity index (χ0n) is 14.8. The summed E-state index contributed by atoms with van der Waals surface area (Å²) in [6.07, 6.45) is -0.624. The third-order valence-corrected chi connectivity index (χ3v) is 3.10. The summed E-state index contributed by atoms with van der Waals surface area (Å²) in [6, 6.07) is 1.40. The van der Waals surface area contributed by atoms with E-state index in [9.17, 15) is 19.7 Å². The molecule has 1 aromatic heterocycles. The standard InChI is InChI=1S/C15H22N4O6/c1-6-9(13(20)25-18-14(21)24-15(3,4)5)10-7-8(2)11(19(22)23)12(16)17-10/h7,9H,6H2,1-5H3,(H2,16,17)(H,18,21). The Morgan fingerprint density at radius 1 is 1.44 bits per heavy atom. The number of pyridine rings is 1. The van der Waals surface area contributed by atoms with Crippen LogP contribution in [0, 0.1) is 17.0 Å². The first-order valence-corrected chi connectivity index (χ1v) is 7.57. The molecule has 10 heteroatoms. The minimum atomic E-state index is -0.914. The minimum absolute atomic E-state index is 0.221. The molecule has 1 aromatic rings. The molecular weight excluding hydrogens is 332 g/mol. The van der Waals surface area contributed by atoms with Gasteiger partial charge in [0.1, 0.15) is 11.5 Å². The van der Waals surface area contributed by atoms with Gasteiger partial charge in [0.2, 0.25) is 5.82 Å². The maximum absolute atomic E-state index is 12.2. The van der Waals surface area contributed by atoms with E-state index < -0.39 is 28.5 Å². The Labute approximate surface area is 144 Å². The number of anilines is 1. The second-order valence-corrected chi connectivity index (χ2v) is 6.34. The number of hydrogen-bond donors (Lipinski definition) is 2. The summed E-state index contributed by atoms with van der Waals surface area (Å²) in [6.45, 7) is 8.19. The lowest BCUT2D eigenvalue weighted by Crippen LogP contribution is -2.35. The number of nitro groups is 1. The minimum Gasteiger partial charge on any atom is -0.442 e. The van der Waals surface area contributed by atoms with E-state index in [1.807, 2.05) is 5.48 Å². The lowest BCUT2D eigenvalue weighted by molar-refractivity contribution is -0.384. The van der Waals surface area contributed by atoms with Gasteiger partial charge in [0.05, 0.1) is 10.6 Å². The molecule has 1 heterocycles. The van der Waals surface area contributed by atoms with E-state index in [1.165, 1.54) is 13.0 Å². The lowest BCUT2D eigenvalue weighted by Gasteiger charge is -2.20. The Morgan fingerprint density at radius 2 is 2.04 bits per heavy atom. The van der Waals surface area contributed by atoms with Crippen molar-refractivity contribution >= 4 is 23.6 Å². The molecule has 25 heavy (non-hydrogen) atoms. The van der Waals surface area contributed by atoms with Gasteiger partial charge in [-0.15, -0.1) is 5.48 Å². The molecule has 1 amide bonds. The topological polar surface area (TPSA) is 147 Å². The smallest absolute Gasteiger partial charge is 0.441 e. The molecular formula is C15H22N4O6. The summed E-state index contributed by atoms with van der Waals surface area (Å²) in [7, 11) is 0. The molecule has 0 bridgehead atoms. The molecule has 0 radical (unpaired) electrons. The largest absolute Gasteiger partial charge is 0.442 e. The van der Waals surface area contributed by atoms with E-state index in [1.54, 1.807) is 27.7 Å². The summed E-state index contributed by atoms with van der Waals surface area (Å²) in [4.78, 5) is 42.7. The summed E-state index contributed by atoms with van der Waals surface area (Å²) < 4.78 is 4.95. The van der Waals surface area contributed by atoms with E-state index in [0.717, 1.165) is 0 Å². The van der Waals surface area contributed by atoms with Crippen LogP contribution in [-0.4, -0.2) is 27.6 Å². The number of nitrogen functional groups attached to an aromatic ring is 1. The van der Waals surface area contributed by atoms with Crippen LogP contribution in [0.3, 0.4) is 0 Å². The van der Waals surface area contributed by atoms with Gasteiger partial charge in [-0.3, -0.25) is 10.1 Å². The van der Waals surface area contributed by atoms with E-state index in [4.69, 9.17) is 15.3 Å². The molecule has 0 aliphatic rings. The molecule has 1 unspecified atom stereocenters. The average Bonchev–Trinajstić information content (AvgIpc) is 2.43. The van der Waals surface area contributed by atoms with Gasteiger partial charge in [-0.05, 0) is 40.2 Å². The normalized spacial score (nSPS) is 12.2. The van der Waals surface area contributed by atoms with Gasteiger partial charge in [-0.1, -0.05) is 6.92 Å². The number of hydrogen-bond acceptors (Lipinski definition) is 8. The van der Waals surface area contributed by atoms with Crippen molar-refractivity contribution in [1.82, 2.24) is 10.5 Å². The molecule has 1 atom stereocenters. The maximum Gasteiger partial charge on any atom is 0.441 e. The third-order valence-electron chi connectivity index (χ3n) is 3.10. The number of rotatable bonds is 4. The molecule has 0 aromatic carbocycles. The SMILES string of the molecule is CCC(C(=O)ONC(=O)OC(C)(C)C)c1cc(C)c([N+](=O)[O-])c(N)n1. The molecule has 138 valence electrons. The molecule has 3 N–H and O–H groups in total. The van der Waals surface area contributed by atoms with Crippen LogP contribution in [0.25, 0.3) is 0 Å². The highest BCUT2D eigenvalue weighted by Crippen LogP contribution is 2.29. The molecule has 0 aliphatic heterocycles. The van der Waals surface area contributed by atoms with Crippen molar-refractivity contribution in [3.63, 3.8) is 0 Å². The number of nitrogens with one attached hydrogen (secondary N) is 1. The highest BCUT2D eigenvalue weighted by Gasteiger charge is 2.27. The number of amides is 1. The van der Waals surface area contributed by atoms with Gasteiger partial charge >= 0.3 is 17.7 Å². The summed E-state index contributed by atoms with van der Waals surface area (Å²) in [5.41, 5.74) is 6.96. The molecule has 0 aliphatic carbocycles. The fraction of sp³-hybridized carbons (Fsp3) is 0.533. The Bertz CT molecular complexity index is 660. The van der Waals surface area contributed by atoms with Gasteiger partial charge in [0.25, 0.3) is 0 Å². The van der Waals surface area contributed by atoms with Crippen LogP contribution >= 0.6 is 0 Å². The fourth-order valence-electron chi connectivity index (χ4n) is 2.09. The third kappa shape index (κ3) is 5.59. The van der Waals surface area contributed by atoms with Crippen molar-refractivity contribution in [3.8, 4) is 0 Å². The Balaban J connectivity index is 2.90. The van der Waals surface area contributed by atoms with Crippen molar-refractivity contribution in [2.75, 3.05) is 5.73 Å². The summed E-state index contributed by atoms with van der Waals surface area (Å²) >= 11 is 0. The van der Waals surface area contributed by atoms with Crippen LogP contribution in [0.1, 0.15) is 51.3 Å². The second kappa shape index (κ2) is 7.77. The number of ether oxygens (including phenoxy) is 1. The number of hydroxylamine groups is 1. The predicted molar refractivity (Wildman–Crippen MR) is 88.5 cm³/mol. The summed E-state index contributed by atoms with van der Waals surface area (Å²) in [5, 5.41) is 11.0. The molecule has 10 nitrogen and oxygen atoms in total. The number of nitrogens with zero attached hydrogens (tertiary/aromatic N) is 2. The zero-order chi connectivity index (χ0) is 19.4. The van der Waals surface area contributed by atoms with Gasteiger partial charge < -0.3 is 15.3 Å². The Kier molecular flexibility index (Phi) is 6.26. The zero-order valence-corrected chi connectivity index (χ0v) is 14.8. The number of carbonyl (C=O) groups excluding carboxylic acids is 2. The highest BCUT2D eigenvalue weighted by atomic mass is 16.7. The van der Waals surface area contributed by atoms with Gasteiger partial charge in [-0.2, -0.15) is 0 Å². The number of nitrogens with two attached hydrogens (primary N) is 1. The Morgan fingerprint density at radius 3 is 2.48 bits per heavy atom. The van der Waals surface area contributed by atoms with Crippen LogP contribution in [0.4, 0.5) is 16.3 Å². The highest BCUT2D eigenvalue weighted by molar-refractivity contribution is 5.79. The first kappa shape index (κ1) is 20.1. The summed E-state index contributed by atoms with van der Waals surface area (Å²) in [5.74, 6) is -1.92. The van der Waals surface area contributed by atoms with Gasteiger partial charge in [0, 0.05) is 5.56 Å². The fourth-order valence-corrected chi connectivity index (χ4v) is 2.09. The first-order valence-electron chi connectivity index (χ1n) is 7.57. The number of carbonyl (C=O) groups is 2. The van der Waals surface area contributed by atoms with Gasteiger partial charge in [0.15, 0.2) is 0 Å². The van der Waals surface area contributed by atoms with E-state index >= 15 is 0 Å². The molecule has 0 saturated heterocycles. The van der Waals surface area contributed by atoms with Crippen molar-refractivity contribution in [1.29, 1.82) is 0 Å². The van der Waals surface area contributed by atoms with Crippen molar-refractivity contribution in [2.24, 2.45) is 0 Å². The van der Waals surface area contributed by atoms with Crippen LogP contribution < -0.4 is 11.2 Å². The van der Waals surface area contributed by atoms with Crippen LogP contribution in [0.2, 0.25) is 0 Å². The molecule has 1 rings (SSSR count). The Hall–Kier alpha value is -2.91. The molecule has 0 spiro atoms. The average molecular weight is 354 g/mol. The molecule has 0 saturated carbocycles. The number of aromatic nitrogens is 1. The van der Waals surface area contributed by atoms with Crippen LogP contribution in [-0.2, 0) is 14.4 Å². The maximum atomic E-state index is 12.2. The first-order chi connectivity index (χ1) is 11.5. The van der Waals surface area contributed by atoms with E-state index in [0.29, 0.717) is 6.42 Å².